The van der Waals surface area contributed by atoms with E-state index in [1.54, 1.807) is 0 Å². The molecular weight excluding hydrogens is 442 g/mol. The van der Waals surface area contributed by atoms with Crippen molar-refractivity contribution >= 4 is 33.3 Å². The predicted octanol–water partition coefficient (Wildman–Crippen LogP) is 5.69. The molecule has 6 heteroatoms. The van der Waals surface area contributed by atoms with E-state index >= 15 is 0 Å². The van der Waals surface area contributed by atoms with Gasteiger partial charge >= 0.3 is 6.03 Å². The molecule has 5 nitrogen and oxygen atoms in total. The van der Waals surface area contributed by atoms with E-state index in [0.29, 0.717) is 13.1 Å². The molecule has 2 heterocycles. The number of amides is 2. The van der Waals surface area contributed by atoms with Crippen LogP contribution in [-0.4, -0.2) is 29.6 Å². The number of anilines is 1. The first kappa shape index (κ1) is 20.9. The summed E-state index contributed by atoms with van der Waals surface area (Å²) in [5.41, 5.74) is 7.11. The quantitative estimate of drug-likeness (QED) is 0.593. The largest absolute Gasteiger partial charge is 0.324 e. The second-order valence-corrected chi connectivity index (χ2v) is 9.91. The number of carbonyl (C=O) groups excluding carboxylic acids is 1. The molecule has 0 bridgehead atoms. The van der Waals surface area contributed by atoms with E-state index in [2.05, 4.69) is 77.8 Å². The van der Waals surface area contributed by atoms with Crippen LogP contribution >= 0.6 is 15.9 Å². The van der Waals surface area contributed by atoms with Crippen molar-refractivity contribution in [1.29, 1.82) is 0 Å². The number of nitrogens with zero attached hydrogens (tertiary/aromatic N) is 1. The third kappa shape index (κ3) is 4.40. The molecule has 0 radical (unpaired) electrons. The standard InChI is InChI=1S/C24H28BrN3O2/c1-23(2,3)18-10-8-17(9-11-18)21-16-24(30-27-21)12-14-28(15-13-24)22(29)26-20-7-5-4-6-19(20)25/h4-11,16,27H,12-15H2,1-3H3,(H,26,29). The maximum absolute atomic E-state index is 12.6. The van der Waals surface area contributed by atoms with Gasteiger partial charge in [-0.1, -0.05) is 57.2 Å². The number of para-hydroxylation sites is 1. The van der Waals surface area contributed by atoms with E-state index in [-0.39, 0.29) is 17.0 Å². The van der Waals surface area contributed by atoms with E-state index in [4.69, 9.17) is 4.84 Å². The Bertz CT molecular complexity index is 955. The minimum absolute atomic E-state index is 0.0790. The molecule has 0 aliphatic carbocycles. The summed E-state index contributed by atoms with van der Waals surface area (Å²) in [6.07, 6.45) is 3.70. The number of hydrogen-bond acceptors (Lipinski definition) is 3. The van der Waals surface area contributed by atoms with Gasteiger partial charge in [-0.2, -0.15) is 0 Å². The molecule has 1 fully saturated rings. The first-order valence-electron chi connectivity index (χ1n) is 10.3. The third-order valence-electron chi connectivity index (χ3n) is 5.85. The van der Waals surface area contributed by atoms with Crippen molar-refractivity contribution in [1.82, 2.24) is 10.4 Å². The van der Waals surface area contributed by atoms with Crippen molar-refractivity contribution < 1.29 is 9.63 Å². The van der Waals surface area contributed by atoms with Gasteiger partial charge in [0.2, 0.25) is 0 Å². The summed E-state index contributed by atoms with van der Waals surface area (Å²) >= 11 is 3.47. The van der Waals surface area contributed by atoms with E-state index in [1.807, 2.05) is 29.2 Å². The number of likely N-dealkylation sites (tertiary alicyclic amines) is 1. The SMILES string of the molecule is CC(C)(C)c1ccc(C2=CC3(CCN(C(=O)Nc4ccccc4Br)CC3)ON2)cc1. The molecule has 1 saturated heterocycles. The lowest BCUT2D eigenvalue weighted by Gasteiger charge is -2.36. The molecule has 158 valence electrons. The summed E-state index contributed by atoms with van der Waals surface area (Å²) in [4.78, 5) is 20.5. The first-order chi connectivity index (χ1) is 14.3. The fourth-order valence-electron chi connectivity index (χ4n) is 3.86. The van der Waals surface area contributed by atoms with Crippen molar-refractivity contribution in [3.05, 3.63) is 70.2 Å². The van der Waals surface area contributed by atoms with Crippen LogP contribution in [0.2, 0.25) is 0 Å². The number of hydrogen-bond donors (Lipinski definition) is 2. The molecule has 2 aromatic carbocycles. The topological polar surface area (TPSA) is 53.6 Å². The number of halogens is 1. The lowest BCUT2D eigenvalue weighted by atomic mass is 9.86. The Kier molecular flexibility index (Phi) is 5.64. The zero-order chi connectivity index (χ0) is 21.4. The van der Waals surface area contributed by atoms with E-state index in [0.717, 1.165) is 34.3 Å². The molecule has 0 atom stereocenters. The minimum atomic E-state index is -0.359. The summed E-state index contributed by atoms with van der Waals surface area (Å²) in [5, 5.41) is 2.98. The Morgan fingerprint density at radius 3 is 2.40 bits per heavy atom. The number of benzene rings is 2. The number of hydroxylamine groups is 1. The molecule has 2 aliphatic rings. The van der Waals surface area contributed by atoms with Crippen LogP contribution in [0.4, 0.5) is 10.5 Å². The lowest BCUT2D eigenvalue weighted by molar-refractivity contribution is -0.0634. The summed E-state index contributed by atoms with van der Waals surface area (Å²) < 4.78 is 0.875. The highest BCUT2D eigenvalue weighted by atomic mass is 79.9. The van der Waals surface area contributed by atoms with Crippen LogP contribution in [0.15, 0.2) is 59.1 Å². The highest BCUT2D eigenvalue weighted by Gasteiger charge is 2.40. The summed E-state index contributed by atoms with van der Waals surface area (Å²) in [6, 6.07) is 16.2. The van der Waals surface area contributed by atoms with Crippen LogP contribution in [0.3, 0.4) is 0 Å². The van der Waals surface area contributed by atoms with Gasteiger partial charge in [-0.3, -0.25) is 10.3 Å². The zero-order valence-electron chi connectivity index (χ0n) is 17.7. The van der Waals surface area contributed by atoms with Crippen LogP contribution in [0, 0.1) is 0 Å². The van der Waals surface area contributed by atoms with Crippen LogP contribution in [0.25, 0.3) is 5.70 Å². The maximum atomic E-state index is 12.6. The van der Waals surface area contributed by atoms with Gasteiger partial charge in [-0.25, -0.2) is 4.79 Å². The first-order valence-corrected chi connectivity index (χ1v) is 11.1. The highest BCUT2D eigenvalue weighted by molar-refractivity contribution is 9.10. The molecule has 2 aliphatic heterocycles. The Labute approximate surface area is 186 Å². The number of nitrogens with one attached hydrogen (secondary N) is 2. The average molecular weight is 470 g/mol. The summed E-state index contributed by atoms with van der Waals surface area (Å²) in [6.45, 7) is 7.93. The van der Waals surface area contributed by atoms with Crippen LogP contribution in [0.1, 0.15) is 44.7 Å². The molecule has 4 rings (SSSR count). The van der Waals surface area contributed by atoms with E-state index in [9.17, 15) is 4.79 Å². The van der Waals surface area contributed by atoms with Gasteiger partial charge in [-0.05, 0) is 50.7 Å². The lowest BCUT2D eigenvalue weighted by Crippen LogP contribution is -2.48. The Hall–Kier alpha value is -2.31. The molecule has 2 aromatic rings. The Morgan fingerprint density at radius 1 is 1.10 bits per heavy atom. The van der Waals surface area contributed by atoms with Crippen LogP contribution in [-0.2, 0) is 10.3 Å². The average Bonchev–Trinajstić information content (AvgIpc) is 3.13. The molecule has 30 heavy (non-hydrogen) atoms. The molecule has 0 unspecified atom stereocenters. The zero-order valence-corrected chi connectivity index (χ0v) is 19.3. The monoisotopic (exact) mass is 469 g/mol. The number of piperidine rings is 1. The van der Waals surface area contributed by atoms with Crippen molar-refractivity contribution in [2.75, 3.05) is 18.4 Å². The smallest absolute Gasteiger partial charge is 0.321 e. The highest BCUT2D eigenvalue weighted by Crippen LogP contribution is 2.35. The van der Waals surface area contributed by atoms with E-state index < -0.39 is 0 Å². The Morgan fingerprint density at radius 2 is 1.77 bits per heavy atom. The fraction of sp³-hybridized carbons (Fsp3) is 0.375. The Balaban J connectivity index is 1.39. The molecule has 0 aromatic heterocycles. The van der Waals surface area contributed by atoms with Gasteiger partial charge in [0.15, 0.2) is 0 Å². The molecule has 2 amide bonds. The number of carbonyl (C=O) groups is 1. The maximum Gasteiger partial charge on any atom is 0.321 e. The number of rotatable bonds is 2. The second-order valence-electron chi connectivity index (χ2n) is 9.05. The van der Waals surface area contributed by atoms with Gasteiger partial charge in [0.25, 0.3) is 0 Å². The second kappa shape index (κ2) is 8.08. The fourth-order valence-corrected chi connectivity index (χ4v) is 4.25. The van der Waals surface area contributed by atoms with E-state index in [1.165, 1.54) is 5.56 Å². The normalized spacial score (nSPS) is 18.1. The summed E-state index contributed by atoms with van der Waals surface area (Å²) in [5.74, 6) is 0. The van der Waals surface area contributed by atoms with Gasteiger partial charge in [0, 0.05) is 30.4 Å². The molecule has 2 N–H and O–H groups in total. The molecular formula is C24H28BrN3O2. The van der Waals surface area contributed by atoms with Gasteiger partial charge in [0.1, 0.15) is 5.60 Å². The summed E-state index contributed by atoms with van der Waals surface area (Å²) in [7, 11) is 0. The number of urea groups is 1. The van der Waals surface area contributed by atoms with Crippen LogP contribution < -0.4 is 10.8 Å². The van der Waals surface area contributed by atoms with Crippen molar-refractivity contribution in [3.8, 4) is 0 Å². The minimum Gasteiger partial charge on any atom is -0.324 e. The predicted molar refractivity (Wildman–Crippen MR) is 124 cm³/mol. The molecule has 1 spiro atoms. The van der Waals surface area contributed by atoms with Gasteiger partial charge in [-0.15, -0.1) is 0 Å². The third-order valence-corrected chi connectivity index (χ3v) is 6.54. The van der Waals surface area contributed by atoms with Crippen molar-refractivity contribution in [3.63, 3.8) is 0 Å². The van der Waals surface area contributed by atoms with Gasteiger partial charge < -0.3 is 10.2 Å². The van der Waals surface area contributed by atoms with Crippen molar-refractivity contribution in [2.24, 2.45) is 0 Å². The van der Waals surface area contributed by atoms with Crippen molar-refractivity contribution in [2.45, 2.75) is 44.6 Å². The van der Waals surface area contributed by atoms with Gasteiger partial charge in [0.05, 0.1) is 11.4 Å². The molecule has 0 saturated carbocycles. The van der Waals surface area contributed by atoms with Crippen LogP contribution in [0.5, 0.6) is 0 Å².